The molecule has 0 N–H and O–H groups in total. The molecule has 0 spiro atoms. The quantitative estimate of drug-likeness (QED) is 0.634. The van der Waals surface area contributed by atoms with Crippen molar-refractivity contribution in [2.45, 2.75) is 26.6 Å². The second kappa shape index (κ2) is 7.51. The molecule has 144 valence electrons. The maximum Gasteiger partial charge on any atom is 0.471 e. The highest BCUT2D eigenvalue weighted by molar-refractivity contribution is 7.15. The zero-order chi connectivity index (χ0) is 19.6. The number of carbonyl (C=O) groups is 1. The summed E-state index contributed by atoms with van der Waals surface area (Å²) in [6, 6.07) is 4.99. The molecule has 3 aromatic rings. The molecule has 0 fully saturated rings. The van der Waals surface area contributed by atoms with Gasteiger partial charge < -0.3 is 9.42 Å². The van der Waals surface area contributed by atoms with Gasteiger partial charge in [0, 0.05) is 24.2 Å². The molecule has 0 unspecified atom stereocenters. The fourth-order valence-electron chi connectivity index (χ4n) is 2.48. The summed E-state index contributed by atoms with van der Waals surface area (Å²) >= 11 is 1.21. The standard InChI is InChI=1S/C16H16F3N5O2S/c1-3-23(4-2)14(25)11-7-8-20-24(11)9-10-5-6-12(27-10)13-21-15(26-22-13)16(17,18)19/h5-8H,3-4,9H2,1-2H3. The van der Waals surface area contributed by atoms with Crippen LogP contribution in [-0.2, 0) is 12.7 Å². The van der Waals surface area contributed by atoms with Crippen LogP contribution in [0.3, 0.4) is 0 Å². The molecule has 27 heavy (non-hydrogen) atoms. The van der Waals surface area contributed by atoms with Crippen LogP contribution in [0.2, 0.25) is 0 Å². The molecule has 0 atom stereocenters. The van der Waals surface area contributed by atoms with Crippen LogP contribution in [-0.4, -0.2) is 43.8 Å². The molecular weight excluding hydrogens is 383 g/mol. The lowest BCUT2D eigenvalue weighted by atomic mass is 10.3. The Kier molecular flexibility index (Phi) is 5.31. The van der Waals surface area contributed by atoms with Gasteiger partial charge >= 0.3 is 12.1 Å². The van der Waals surface area contributed by atoms with Gasteiger partial charge in [-0.3, -0.25) is 9.48 Å². The summed E-state index contributed by atoms with van der Waals surface area (Å²) in [5, 5.41) is 7.55. The maximum atomic E-state index is 12.6. The van der Waals surface area contributed by atoms with Crippen molar-refractivity contribution in [1.82, 2.24) is 24.8 Å². The lowest BCUT2D eigenvalue weighted by molar-refractivity contribution is -0.159. The predicted molar refractivity (Wildman–Crippen MR) is 91.2 cm³/mol. The van der Waals surface area contributed by atoms with Crippen LogP contribution in [0.1, 0.15) is 35.1 Å². The van der Waals surface area contributed by atoms with Gasteiger partial charge in [0.15, 0.2) is 0 Å². The van der Waals surface area contributed by atoms with E-state index in [1.54, 1.807) is 34.0 Å². The highest BCUT2D eigenvalue weighted by atomic mass is 32.1. The fraction of sp³-hybridized carbons (Fsp3) is 0.375. The van der Waals surface area contributed by atoms with Gasteiger partial charge in [-0.2, -0.15) is 23.3 Å². The van der Waals surface area contributed by atoms with Crippen molar-refractivity contribution < 1.29 is 22.5 Å². The van der Waals surface area contributed by atoms with E-state index in [1.807, 2.05) is 13.8 Å². The molecule has 0 radical (unpaired) electrons. The number of amides is 1. The highest BCUT2D eigenvalue weighted by Crippen LogP contribution is 2.32. The molecule has 0 aromatic carbocycles. The number of nitrogens with zero attached hydrogens (tertiary/aromatic N) is 5. The lowest BCUT2D eigenvalue weighted by Gasteiger charge is -2.18. The smallest absolute Gasteiger partial charge is 0.338 e. The van der Waals surface area contributed by atoms with Crippen LogP contribution in [0.15, 0.2) is 28.9 Å². The highest BCUT2D eigenvalue weighted by Gasteiger charge is 2.38. The Labute approximate surface area is 156 Å². The molecular formula is C16H16F3N5O2S. The fourth-order valence-corrected chi connectivity index (χ4v) is 3.40. The first-order valence-electron chi connectivity index (χ1n) is 8.14. The largest absolute Gasteiger partial charge is 0.471 e. The van der Waals surface area contributed by atoms with Gasteiger partial charge in [-0.1, -0.05) is 5.16 Å². The topological polar surface area (TPSA) is 77.0 Å². The third kappa shape index (κ3) is 4.02. The zero-order valence-electron chi connectivity index (χ0n) is 14.5. The van der Waals surface area contributed by atoms with E-state index in [2.05, 4.69) is 19.8 Å². The van der Waals surface area contributed by atoms with E-state index < -0.39 is 12.1 Å². The molecule has 0 aliphatic rings. The Morgan fingerprint density at radius 3 is 2.63 bits per heavy atom. The molecule has 0 aliphatic heterocycles. The summed E-state index contributed by atoms with van der Waals surface area (Å²) in [4.78, 5) is 18.8. The molecule has 0 aliphatic carbocycles. The molecule has 3 aromatic heterocycles. The van der Waals surface area contributed by atoms with E-state index in [1.165, 1.54) is 11.3 Å². The normalized spacial score (nSPS) is 11.7. The Morgan fingerprint density at radius 1 is 1.26 bits per heavy atom. The molecule has 11 heteroatoms. The number of carbonyl (C=O) groups excluding carboxylic acids is 1. The van der Waals surface area contributed by atoms with Crippen molar-refractivity contribution in [2.75, 3.05) is 13.1 Å². The third-order valence-electron chi connectivity index (χ3n) is 3.84. The Bertz CT molecular complexity index is 927. The lowest BCUT2D eigenvalue weighted by Crippen LogP contribution is -2.32. The molecule has 1 amide bonds. The number of thiophene rings is 1. The monoisotopic (exact) mass is 399 g/mol. The Hall–Kier alpha value is -2.69. The van der Waals surface area contributed by atoms with Gasteiger partial charge in [0.1, 0.15) is 5.69 Å². The number of hydrogen-bond acceptors (Lipinski definition) is 6. The van der Waals surface area contributed by atoms with Crippen LogP contribution in [0.5, 0.6) is 0 Å². The van der Waals surface area contributed by atoms with Crippen molar-refractivity contribution in [3.63, 3.8) is 0 Å². The predicted octanol–water partition coefficient (Wildman–Crippen LogP) is 3.54. The number of hydrogen-bond donors (Lipinski definition) is 0. The van der Waals surface area contributed by atoms with Crippen LogP contribution in [0, 0.1) is 0 Å². The van der Waals surface area contributed by atoms with Gasteiger partial charge in [0.25, 0.3) is 5.91 Å². The van der Waals surface area contributed by atoms with Crippen molar-refractivity contribution in [1.29, 1.82) is 0 Å². The van der Waals surface area contributed by atoms with E-state index in [0.29, 0.717) is 30.2 Å². The molecule has 0 saturated carbocycles. The van der Waals surface area contributed by atoms with E-state index in [9.17, 15) is 18.0 Å². The minimum atomic E-state index is -4.68. The first kappa shape index (κ1) is 19.1. The average Bonchev–Trinajstić information content (AvgIpc) is 3.35. The second-order valence-corrected chi connectivity index (χ2v) is 6.71. The summed E-state index contributed by atoms with van der Waals surface area (Å²) < 4.78 is 43.5. The molecule has 7 nitrogen and oxygen atoms in total. The van der Waals surface area contributed by atoms with Crippen LogP contribution in [0.4, 0.5) is 13.2 Å². The number of halogens is 3. The van der Waals surface area contributed by atoms with Gasteiger partial charge in [-0.25, -0.2) is 0 Å². The summed E-state index contributed by atoms with van der Waals surface area (Å²) in [5.41, 5.74) is 0.451. The minimum Gasteiger partial charge on any atom is -0.338 e. The average molecular weight is 399 g/mol. The molecule has 3 rings (SSSR count). The number of alkyl halides is 3. The van der Waals surface area contributed by atoms with E-state index in [0.717, 1.165) is 4.88 Å². The Balaban J connectivity index is 1.79. The van der Waals surface area contributed by atoms with E-state index in [-0.39, 0.29) is 11.7 Å². The molecule has 0 bridgehead atoms. The Morgan fingerprint density at radius 2 is 2.00 bits per heavy atom. The van der Waals surface area contributed by atoms with Crippen molar-refractivity contribution >= 4 is 17.2 Å². The first-order valence-corrected chi connectivity index (χ1v) is 8.96. The second-order valence-electron chi connectivity index (χ2n) is 5.54. The maximum absolute atomic E-state index is 12.6. The molecule has 0 saturated heterocycles. The SMILES string of the molecule is CCN(CC)C(=O)c1ccnn1Cc1ccc(-c2noc(C(F)(F)F)n2)s1. The molecule has 3 heterocycles. The zero-order valence-corrected chi connectivity index (χ0v) is 15.3. The number of rotatable bonds is 6. The van der Waals surface area contributed by atoms with Crippen molar-refractivity contribution in [3.05, 3.63) is 40.9 Å². The van der Waals surface area contributed by atoms with Gasteiger partial charge in [-0.05, 0) is 32.0 Å². The van der Waals surface area contributed by atoms with Crippen molar-refractivity contribution in [3.8, 4) is 10.7 Å². The minimum absolute atomic E-state index is 0.123. The van der Waals surface area contributed by atoms with Crippen LogP contribution >= 0.6 is 11.3 Å². The summed E-state index contributed by atoms with van der Waals surface area (Å²) in [7, 11) is 0. The van der Waals surface area contributed by atoms with E-state index >= 15 is 0 Å². The summed E-state index contributed by atoms with van der Waals surface area (Å²) in [5.74, 6) is -1.63. The van der Waals surface area contributed by atoms with Crippen LogP contribution < -0.4 is 0 Å². The van der Waals surface area contributed by atoms with Gasteiger partial charge in [0.05, 0.1) is 11.4 Å². The summed E-state index contributed by atoms with van der Waals surface area (Å²) in [6.07, 6.45) is -3.14. The first-order chi connectivity index (χ1) is 12.8. The van der Waals surface area contributed by atoms with E-state index in [4.69, 9.17) is 0 Å². The van der Waals surface area contributed by atoms with Crippen molar-refractivity contribution in [2.24, 2.45) is 0 Å². The van der Waals surface area contributed by atoms with Gasteiger partial charge in [-0.15, -0.1) is 11.3 Å². The van der Waals surface area contributed by atoms with Gasteiger partial charge in [0.2, 0.25) is 5.82 Å². The van der Waals surface area contributed by atoms with Crippen LogP contribution in [0.25, 0.3) is 10.7 Å². The third-order valence-corrected chi connectivity index (χ3v) is 4.91. The summed E-state index contributed by atoms with van der Waals surface area (Å²) in [6.45, 7) is 5.28. The number of aromatic nitrogens is 4.